The Morgan fingerprint density at radius 1 is 1.38 bits per heavy atom. The summed E-state index contributed by atoms with van der Waals surface area (Å²) in [7, 11) is 5.87. The van der Waals surface area contributed by atoms with Crippen LogP contribution >= 0.6 is 0 Å². The van der Waals surface area contributed by atoms with Gasteiger partial charge in [-0.15, -0.1) is 6.58 Å². The fraction of sp³-hybridized carbons (Fsp3) is 0.737. The second kappa shape index (κ2) is 9.28. The number of hydrogen-bond donors (Lipinski definition) is 1. The van der Waals surface area contributed by atoms with Gasteiger partial charge in [-0.1, -0.05) is 6.08 Å². The summed E-state index contributed by atoms with van der Waals surface area (Å²) in [6.07, 6.45) is 4.32. The molecule has 0 aromatic carbocycles. The molecule has 0 unspecified atom stereocenters. The molecule has 3 amide bonds. The molecule has 0 radical (unpaired) electrons. The average Bonchev–Trinajstić information content (AvgIpc) is 2.58. The lowest BCUT2D eigenvalue weighted by atomic mass is 9.74. The molecule has 26 heavy (non-hydrogen) atoms. The predicted molar refractivity (Wildman–Crippen MR) is 101 cm³/mol. The zero-order valence-corrected chi connectivity index (χ0v) is 16.2. The van der Waals surface area contributed by atoms with Crippen molar-refractivity contribution in [3.63, 3.8) is 0 Å². The minimum Gasteiger partial charge on any atom is -0.336 e. The van der Waals surface area contributed by atoms with Gasteiger partial charge in [-0.05, 0) is 39.9 Å². The molecule has 3 atom stereocenters. The van der Waals surface area contributed by atoms with Gasteiger partial charge in [0.1, 0.15) is 5.78 Å². The Balaban J connectivity index is 2.01. The number of fused-ring (bicyclic) bond motifs is 1. The van der Waals surface area contributed by atoms with Crippen molar-refractivity contribution in [3.05, 3.63) is 12.7 Å². The lowest BCUT2D eigenvalue weighted by Crippen LogP contribution is -2.55. The molecule has 1 aliphatic heterocycles. The molecule has 2 fully saturated rings. The van der Waals surface area contributed by atoms with Gasteiger partial charge in [-0.3, -0.25) is 14.5 Å². The third kappa shape index (κ3) is 5.14. The molecule has 7 heteroatoms. The number of rotatable bonds is 6. The lowest BCUT2D eigenvalue weighted by molar-refractivity contribution is -0.137. The molecule has 1 saturated carbocycles. The number of hydrogen-bond acceptors (Lipinski definition) is 5. The van der Waals surface area contributed by atoms with Crippen LogP contribution in [0, 0.1) is 11.8 Å². The Hall–Kier alpha value is -1.73. The number of ketones is 1. The van der Waals surface area contributed by atoms with Crippen LogP contribution in [0.15, 0.2) is 12.7 Å². The van der Waals surface area contributed by atoms with Crippen LogP contribution in [0.4, 0.5) is 4.79 Å². The van der Waals surface area contributed by atoms with Crippen LogP contribution in [0.5, 0.6) is 0 Å². The highest BCUT2D eigenvalue weighted by molar-refractivity contribution is 5.96. The smallest absolute Gasteiger partial charge is 0.324 e. The zero-order chi connectivity index (χ0) is 19.3. The molecular formula is C19H32N4O3. The van der Waals surface area contributed by atoms with E-state index >= 15 is 0 Å². The first-order chi connectivity index (χ1) is 12.3. The van der Waals surface area contributed by atoms with E-state index in [0.29, 0.717) is 44.9 Å². The van der Waals surface area contributed by atoms with Crippen molar-refractivity contribution in [1.29, 1.82) is 0 Å². The number of nitrogens with one attached hydrogen (secondary N) is 1. The number of likely N-dealkylation sites (tertiary alicyclic amines) is 1. The van der Waals surface area contributed by atoms with Crippen molar-refractivity contribution in [3.8, 4) is 0 Å². The Morgan fingerprint density at radius 3 is 2.77 bits per heavy atom. The van der Waals surface area contributed by atoms with Crippen LogP contribution in [0.2, 0.25) is 0 Å². The fourth-order valence-corrected chi connectivity index (χ4v) is 4.10. The molecule has 0 spiro atoms. The summed E-state index contributed by atoms with van der Waals surface area (Å²) in [5.74, 6) is 0.0748. The third-order valence-electron chi connectivity index (χ3n) is 5.42. The van der Waals surface area contributed by atoms with E-state index in [1.165, 1.54) is 4.90 Å². The molecule has 2 rings (SSSR count). The number of nitrogens with zero attached hydrogens (tertiary/aromatic N) is 3. The summed E-state index contributed by atoms with van der Waals surface area (Å²) in [5.41, 5.74) is 0. The van der Waals surface area contributed by atoms with E-state index in [1.807, 2.05) is 26.0 Å². The molecular weight excluding hydrogens is 332 g/mol. The summed E-state index contributed by atoms with van der Waals surface area (Å²) in [6, 6.07) is -0.000214. The maximum absolute atomic E-state index is 13.0. The van der Waals surface area contributed by atoms with E-state index in [9.17, 15) is 14.4 Å². The van der Waals surface area contributed by atoms with E-state index in [-0.39, 0.29) is 36.1 Å². The highest BCUT2D eigenvalue weighted by Gasteiger charge is 2.42. The molecule has 2 aliphatic rings. The fourth-order valence-electron chi connectivity index (χ4n) is 4.10. The minimum atomic E-state index is -0.374. The van der Waals surface area contributed by atoms with E-state index in [1.54, 1.807) is 6.08 Å². The first kappa shape index (κ1) is 20.6. The SMILES string of the molecule is C=CCN(C(=O)NCCN(C)C)C(=O)[C@@H]1C[C@@H]2CC(=O)CC[C@H]2N(C)C1. The number of Topliss-reactive ketones (excluding diaryl/α,β-unsaturated/α-hetero) is 1. The van der Waals surface area contributed by atoms with Gasteiger partial charge in [0.25, 0.3) is 0 Å². The Morgan fingerprint density at radius 2 is 2.12 bits per heavy atom. The van der Waals surface area contributed by atoms with Crippen LogP contribution in [-0.4, -0.2) is 85.8 Å². The van der Waals surface area contributed by atoms with Gasteiger partial charge in [0.2, 0.25) is 5.91 Å². The lowest BCUT2D eigenvalue weighted by Gasteiger charge is -2.45. The first-order valence-electron chi connectivity index (χ1n) is 9.40. The highest BCUT2D eigenvalue weighted by Crippen LogP contribution is 2.36. The quantitative estimate of drug-likeness (QED) is 0.711. The summed E-state index contributed by atoms with van der Waals surface area (Å²) in [4.78, 5) is 42.7. The number of carbonyl (C=O) groups excluding carboxylic acids is 3. The highest BCUT2D eigenvalue weighted by atomic mass is 16.2. The van der Waals surface area contributed by atoms with Gasteiger partial charge in [0.05, 0.1) is 5.92 Å². The first-order valence-corrected chi connectivity index (χ1v) is 9.40. The maximum Gasteiger partial charge on any atom is 0.324 e. The number of urea groups is 1. The van der Waals surface area contributed by atoms with Gasteiger partial charge in [0, 0.05) is 45.1 Å². The Labute approximate surface area is 156 Å². The number of amides is 3. The number of carbonyl (C=O) groups is 3. The molecule has 0 aromatic heterocycles. The third-order valence-corrected chi connectivity index (χ3v) is 5.42. The molecule has 0 bridgehead atoms. The van der Waals surface area contributed by atoms with E-state index in [2.05, 4.69) is 16.8 Å². The predicted octanol–water partition coefficient (Wildman–Crippen LogP) is 0.962. The van der Waals surface area contributed by atoms with Crippen LogP contribution in [-0.2, 0) is 9.59 Å². The molecule has 7 nitrogen and oxygen atoms in total. The second-order valence-electron chi connectivity index (χ2n) is 7.75. The van der Waals surface area contributed by atoms with Gasteiger partial charge in [-0.25, -0.2) is 4.79 Å². The van der Waals surface area contributed by atoms with Crippen LogP contribution in [0.1, 0.15) is 25.7 Å². The van der Waals surface area contributed by atoms with Crippen molar-refractivity contribution < 1.29 is 14.4 Å². The molecule has 146 valence electrons. The standard InChI is InChI=1S/C19H32N4O3/c1-5-9-23(19(26)20-8-10-21(2)3)18(25)15-11-14-12-16(24)6-7-17(14)22(4)13-15/h5,14-15,17H,1,6-13H2,2-4H3,(H,20,26)/t14-,15-,17-/m1/s1. The van der Waals surface area contributed by atoms with E-state index < -0.39 is 0 Å². The monoisotopic (exact) mass is 364 g/mol. The van der Waals surface area contributed by atoms with Crippen molar-refractivity contribution in [2.24, 2.45) is 11.8 Å². The molecule has 1 N–H and O–H groups in total. The minimum absolute atomic E-state index is 0.171. The normalized spacial score (nSPS) is 26.3. The van der Waals surface area contributed by atoms with E-state index in [4.69, 9.17) is 0 Å². The van der Waals surface area contributed by atoms with Gasteiger partial charge >= 0.3 is 6.03 Å². The van der Waals surface area contributed by atoms with Crippen molar-refractivity contribution in [2.75, 3.05) is 47.3 Å². The van der Waals surface area contributed by atoms with Crippen molar-refractivity contribution >= 4 is 17.7 Å². The Bertz CT molecular complexity index is 549. The van der Waals surface area contributed by atoms with Crippen LogP contribution in [0.3, 0.4) is 0 Å². The molecule has 1 heterocycles. The topological polar surface area (TPSA) is 73.0 Å². The molecule has 0 aromatic rings. The summed E-state index contributed by atoms with van der Waals surface area (Å²) >= 11 is 0. The largest absolute Gasteiger partial charge is 0.336 e. The maximum atomic E-state index is 13.0. The average molecular weight is 364 g/mol. The Kier molecular flexibility index (Phi) is 7.34. The number of imide groups is 1. The van der Waals surface area contributed by atoms with Crippen LogP contribution < -0.4 is 5.32 Å². The zero-order valence-electron chi connectivity index (χ0n) is 16.2. The summed E-state index contributed by atoms with van der Waals surface area (Å²) in [6.45, 7) is 5.69. The number of likely N-dealkylation sites (N-methyl/N-ethyl adjacent to an activating group) is 1. The van der Waals surface area contributed by atoms with Gasteiger partial charge in [-0.2, -0.15) is 0 Å². The van der Waals surface area contributed by atoms with E-state index in [0.717, 1.165) is 6.42 Å². The number of piperidine rings is 1. The van der Waals surface area contributed by atoms with Crippen molar-refractivity contribution in [2.45, 2.75) is 31.7 Å². The second-order valence-corrected chi connectivity index (χ2v) is 7.75. The molecule has 1 aliphatic carbocycles. The van der Waals surface area contributed by atoms with Gasteiger partial charge < -0.3 is 15.1 Å². The summed E-state index contributed by atoms with van der Waals surface area (Å²) < 4.78 is 0. The van der Waals surface area contributed by atoms with Crippen LogP contribution in [0.25, 0.3) is 0 Å². The summed E-state index contributed by atoms with van der Waals surface area (Å²) in [5, 5.41) is 2.80. The van der Waals surface area contributed by atoms with Gasteiger partial charge in [0.15, 0.2) is 0 Å². The molecule has 1 saturated heterocycles. The van der Waals surface area contributed by atoms with Crippen molar-refractivity contribution in [1.82, 2.24) is 20.0 Å².